The maximum atomic E-state index is 12.3. The molecule has 1 aliphatic rings. The summed E-state index contributed by atoms with van der Waals surface area (Å²) < 4.78 is 10.5. The van der Waals surface area contributed by atoms with Gasteiger partial charge in [-0.1, -0.05) is 0 Å². The van der Waals surface area contributed by atoms with E-state index in [2.05, 4.69) is 25.6 Å². The van der Waals surface area contributed by atoms with Gasteiger partial charge in [0, 0.05) is 30.7 Å². The van der Waals surface area contributed by atoms with E-state index in [1.165, 1.54) is 12.4 Å². The van der Waals surface area contributed by atoms with Crippen LogP contribution in [-0.2, 0) is 6.54 Å². The highest BCUT2D eigenvalue weighted by molar-refractivity contribution is 6.02. The fourth-order valence-electron chi connectivity index (χ4n) is 2.40. The summed E-state index contributed by atoms with van der Waals surface area (Å²) >= 11 is 0. The van der Waals surface area contributed by atoms with E-state index >= 15 is 0 Å². The first kappa shape index (κ1) is 15.8. The first-order valence-electron chi connectivity index (χ1n) is 7.94. The minimum atomic E-state index is -0.350. The Bertz CT molecular complexity index is 916. The number of hydrogen-bond acceptors (Lipinski definition) is 7. The van der Waals surface area contributed by atoms with E-state index in [1.54, 1.807) is 30.6 Å². The van der Waals surface area contributed by atoms with Crippen molar-refractivity contribution >= 4 is 17.4 Å². The highest BCUT2D eigenvalue weighted by Gasteiger charge is 2.15. The summed E-state index contributed by atoms with van der Waals surface area (Å²) in [5.74, 6) is 1.50. The molecule has 0 unspecified atom stereocenters. The zero-order valence-corrected chi connectivity index (χ0v) is 13.7. The molecule has 4 rings (SSSR count). The topological polar surface area (TPSA) is 98.3 Å². The van der Waals surface area contributed by atoms with Crippen molar-refractivity contribution in [3.8, 4) is 11.5 Å². The second-order valence-electron chi connectivity index (χ2n) is 5.52. The number of hydrogen-bond donors (Lipinski definition) is 2. The van der Waals surface area contributed by atoms with E-state index in [0.717, 1.165) is 5.56 Å². The minimum absolute atomic E-state index is 0.187. The van der Waals surface area contributed by atoms with Gasteiger partial charge in [-0.3, -0.25) is 9.78 Å². The normalized spacial score (nSPS) is 11.8. The molecule has 2 N–H and O–H groups in total. The number of nitrogens with zero attached hydrogens (tertiary/aromatic N) is 3. The van der Waals surface area contributed by atoms with Crippen LogP contribution >= 0.6 is 0 Å². The molecule has 130 valence electrons. The van der Waals surface area contributed by atoms with E-state index < -0.39 is 0 Å². The summed E-state index contributed by atoms with van der Waals surface area (Å²) in [7, 11) is 0. The van der Waals surface area contributed by atoms with Gasteiger partial charge in [-0.2, -0.15) is 0 Å². The lowest BCUT2D eigenvalue weighted by Gasteiger charge is -2.07. The molecule has 1 aromatic carbocycles. The van der Waals surface area contributed by atoms with Gasteiger partial charge in [-0.25, -0.2) is 9.97 Å². The van der Waals surface area contributed by atoms with Crippen LogP contribution in [0.25, 0.3) is 0 Å². The summed E-state index contributed by atoms with van der Waals surface area (Å²) in [5.41, 5.74) is 1.89. The SMILES string of the molecule is O=C(Nc1ccc2c(c1)OCO2)c1cnc(NCc2ccncc2)cn1. The largest absolute Gasteiger partial charge is 0.454 e. The molecule has 1 aliphatic heterocycles. The van der Waals surface area contributed by atoms with Crippen LogP contribution in [-0.4, -0.2) is 27.7 Å². The van der Waals surface area contributed by atoms with Gasteiger partial charge < -0.3 is 20.1 Å². The maximum Gasteiger partial charge on any atom is 0.275 e. The van der Waals surface area contributed by atoms with Gasteiger partial charge in [0.15, 0.2) is 11.5 Å². The Balaban J connectivity index is 1.37. The van der Waals surface area contributed by atoms with Crippen molar-refractivity contribution in [3.63, 3.8) is 0 Å². The third-order valence-electron chi connectivity index (χ3n) is 3.74. The average molecular weight is 349 g/mol. The lowest BCUT2D eigenvalue weighted by molar-refractivity contribution is 0.102. The first-order chi connectivity index (χ1) is 12.8. The first-order valence-corrected chi connectivity index (χ1v) is 7.94. The molecule has 26 heavy (non-hydrogen) atoms. The van der Waals surface area contributed by atoms with Crippen molar-refractivity contribution in [1.82, 2.24) is 15.0 Å². The number of carbonyl (C=O) groups excluding carboxylic acids is 1. The highest BCUT2D eigenvalue weighted by Crippen LogP contribution is 2.34. The zero-order chi connectivity index (χ0) is 17.8. The highest BCUT2D eigenvalue weighted by atomic mass is 16.7. The lowest BCUT2D eigenvalue weighted by atomic mass is 10.2. The van der Waals surface area contributed by atoms with E-state index in [9.17, 15) is 4.79 Å². The van der Waals surface area contributed by atoms with Gasteiger partial charge in [0.25, 0.3) is 5.91 Å². The Morgan fingerprint density at radius 2 is 1.88 bits per heavy atom. The van der Waals surface area contributed by atoms with Crippen LogP contribution in [0.15, 0.2) is 55.1 Å². The fraction of sp³-hybridized carbons (Fsp3) is 0.111. The van der Waals surface area contributed by atoms with Crippen LogP contribution < -0.4 is 20.1 Å². The molecular weight excluding hydrogens is 334 g/mol. The van der Waals surface area contributed by atoms with E-state index in [1.807, 2.05) is 12.1 Å². The van der Waals surface area contributed by atoms with Gasteiger partial charge >= 0.3 is 0 Å². The van der Waals surface area contributed by atoms with Crippen LogP contribution in [0.5, 0.6) is 11.5 Å². The Morgan fingerprint density at radius 1 is 1.04 bits per heavy atom. The van der Waals surface area contributed by atoms with Gasteiger partial charge in [-0.05, 0) is 29.8 Å². The molecule has 0 saturated carbocycles. The number of pyridine rings is 1. The fourth-order valence-corrected chi connectivity index (χ4v) is 2.40. The Morgan fingerprint density at radius 3 is 2.69 bits per heavy atom. The molecule has 2 aromatic heterocycles. The number of aromatic nitrogens is 3. The van der Waals surface area contributed by atoms with Crippen molar-refractivity contribution in [3.05, 3.63) is 66.4 Å². The van der Waals surface area contributed by atoms with Gasteiger partial charge in [0.1, 0.15) is 11.5 Å². The van der Waals surface area contributed by atoms with Crippen LogP contribution in [0.1, 0.15) is 16.1 Å². The molecule has 0 saturated heterocycles. The van der Waals surface area contributed by atoms with E-state index in [-0.39, 0.29) is 18.4 Å². The van der Waals surface area contributed by atoms with Crippen LogP contribution in [0.4, 0.5) is 11.5 Å². The van der Waals surface area contributed by atoms with Gasteiger partial charge in [-0.15, -0.1) is 0 Å². The van der Waals surface area contributed by atoms with Crippen LogP contribution in [0, 0.1) is 0 Å². The third-order valence-corrected chi connectivity index (χ3v) is 3.74. The number of ether oxygens (including phenoxy) is 2. The molecule has 8 heteroatoms. The van der Waals surface area contributed by atoms with Crippen molar-refractivity contribution in [2.24, 2.45) is 0 Å². The number of carbonyl (C=O) groups is 1. The molecule has 0 atom stereocenters. The number of benzene rings is 1. The van der Waals surface area contributed by atoms with E-state index in [4.69, 9.17) is 9.47 Å². The van der Waals surface area contributed by atoms with Crippen LogP contribution in [0.2, 0.25) is 0 Å². The predicted octanol–water partition coefficient (Wildman–Crippen LogP) is 2.46. The number of anilines is 2. The lowest BCUT2D eigenvalue weighted by Crippen LogP contribution is -2.14. The number of nitrogens with one attached hydrogen (secondary N) is 2. The second kappa shape index (κ2) is 7.06. The molecule has 0 radical (unpaired) electrons. The standard InChI is InChI=1S/C18H15N5O3/c24-18(23-13-1-2-15-16(7-13)26-11-25-15)14-9-22-17(10-20-14)21-8-12-3-5-19-6-4-12/h1-7,9-10H,8,11H2,(H,21,22)(H,23,24). The zero-order valence-electron chi connectivity index (χ0n) is 13.7. The molecule has 1 amide bonds. The monoisotopic (exact) mass is 349 g/mol. The number of fused-ring (bicyclic) bond motifs is 1. The maximum absolute atomic E-state index is 12.3. The summed E-state index contributed by atoms with van der Waals surface area (Å²) in [6, 6.07) is 9.01. The Labute approximate surface area is 149 Å². The molecule has 0 aliphatic carbocycles. The van der Waals surface area contributed by atoms with Crippen molar-refractivity contribution in [1.29, 1.82) is 0 Å². The predicted molar refractivity (Wildman–Crippen MR) is 94.1 cm³/mol. The summed E-state index contributed by atoms with van der Waals surface area (Å²) in [4.78, 5) is 24.6. The molecule has 3 heterocycles. The Kier molecular flexibility index (Phi) is 4.29. The molecule has 0 fully saturated rings. The van der Waals surface area contributed by atoms with Gasteiger partial charge in [0.05, 0.1) is 12.4 Å². The summed E-state index contributed by atoms with van der Waals surface area (Å²) in [5, 5.41) is 5.90. The molecule has 3 aromatic rings. The van der Waals surface area contributed by atoms with Gasteiger partial charge in [0.2, 0.25) is 6.79 Å². The third kappa shape index (κ3) is 3.54. The summed E-state index contributed by atoms with van der Waals surface area (Å²) in [6.45, 7) is 0.784. The quantitative estimate of drug-likeness (QED) is 0.730. The molecular formula is C18H15N5O3. The van der Waals surface area contributed by atoms with E-state index in [0.29, 0.717) is 29.5 Å². The van der Waals surface area contributed by atoms with Crippen LogP contribution in [0.3, 0.4) is 0 Å². The number of amides is 1. The molecule has 0 bridgehead atoms. The van der Waals surface area contributed by atoms with Crippen molar-refractivity contribution in [2.45, 2.75) is 6.54 Å². The number of rotatable bonds is 5. The molecule has 0 spiro atoms. The smallest absolute Gasteiger partial charge is 0.275 e. The minimum Gasteiger partial charge on any atom is -0.454 e. The van der Waals surface area contributed by atoms with Crippen molar-refractivity contribution in [2.75, 3.05) is 17.4 Å². The van der Waals surface area contributed by atoms with Crippen molar-refractivity contribution < 1.29 is 14.3 Å². The molecule has 8 nitrogen and oxygen atoms in total. The second-order valence-corrected chi connectivity index (χ2v) is 5.52. The Hall–Kier alpha value is -3.68. The average Bonchev–Trinajstić information content (AvgIpc) is 3.15. The summed E-state index contributed by atoms with van der Waals surface area (Å²) in [6.07, 6.45) is 6.41.